The number of rotatable bonds is 6. The third-order valence-corrected chi connectivity index (χ3v) is 10.2. The van der Waals surface area contributed by atoms with E-state index in [0.29, 0.717) is 19.3 Å². The van der Waals surface area contributed by atoms with E-state index in [-0.39, 0.29) is 11.9 Å². The van der Waals surface area contributed by atoms with Gasteiger partial charge in [-0.2, -0.15) is 0 Å². The number of aromatic nitrogens is 2. The molecule has 8 nitrogen and oxygen atoms in total. The largest absolute Gasteiger partial charge is 0.509 e. The standard InChI is InChI=1S/C17H15NO.C17H14O.C12H9N.C10H16O4/c1-3-9-16-14(7-1)15-8-2-4-10-17(15)18(16)13-6-5-11-19-12-13;18-17(13-11-15-7-3-1-4-8-15)14-12-16-9-5-2-6-10-16;1-3-7-11-9(5-1)10-6-2-4-8-12(10)13-11;1-10(2,3)14-9(11)13-8-5-4-6-12-7-8/h1-10,13H,11-12H2;1-14H;1-8,13H;4-5,8H,6-7H2,1-3H3/b;13-11+,14-12+;;. The van der Waals surface area contributed by atoms with Crippen molar-refractivity contribution in [2.24, 2.45) is 0 Å². The molecule has 0 amide bonds. The van der Waals surface area contributed by atoms with Gasteiger partial charge in [0.2, 0.25) is 0 Å². The summed E-state index contributed by atoms with van der Waals surface area (Å²) in [5.41, 5.74) is 6.52. The van der Waals surface area contributed by atoms with E-state index in [2.05, 4.69) is 119 Å². The van der Waals surface area contributed by atoms with Crippen molar-refractivity contribution in [1.82, 2.24) is 9.55 Å². The molecule has 0 aliphatic carbocycles. The molecule has 0 radical (unpaired) electrons. The molecule has 10 rings (SSSR count). The molecule has 4 heterocycles. The topological polar surface area (TPSA) is 91.8 Å². The number of ether oxygens (including phenoxy) is 4. The third-order valence-electron chi connectivity index (χ3n) is 10.2. The SMILES string of the molecule is C1=CC(n2c3ccccc3c3ccccc32)COC1.CC(C)(C)OC(=O)OC1C=CCOC1.O=C(/C=C/c1ccccc1)/C=C/c1ccccc1.c1ccc2c(c1)[nH]c1ccccc12. The van der Waals surface area contributed by atoms with Crippen LogP contribution in [0.4, 0.5) is 4.79 Å². The first-order valence-electron chi connectivity index (χ1n) is 21.5. The number of nitrogens with one attached hydrogen (secondary N) is 1. The second-order valence-corrected chi connectivity index (χ2v) is 16.1. The summed E-state index contributed by atoms with van der Waals surface area (Å²) in [4.78, 5) is 26.2. The van der Waals surface area contributed by atoms with Gasteiger partial charge in [-0.05, 0) is 74.4 Å². The molecule has 2 aliphatic heterocycles. The number of allylic oxidation sites excluding steroid dienone is 2. The third kappa shape index (κ3) is 12.7. The van der Waals surface area contributed by atoms with E-state index in [1.807, 2.05) is 78.9 Å². The van der Waals surface area contributed by atoms with Gasteiger partial charge in [-0.1, -0.05) is 164 Å². The lowest BCUT2D eigenvalue weighted by molar-refractivity contribution is -0.110. The number of benzene rings is 6. The molecule has 2 aliphatic rings. The molecule has 64 heavy (non-hydrogen) atoms. The number of fused-ring (bicyclic) bond motifs is 6. The summed E-state index contributed by atoms with van der Waals surface area (Å²) >= 11 is 0. The molecule has 2 aromatic heterocycles. The summed E-state index contributed by atoms with van der Waals surface area (Å²) in [6, 6.07) is 53.8. The van der Waals surface area contributed by atoms with Gasteiger partial charge in [-0.15, -0.1) is 0 Å². The first-order chi connectivity index (χ1) is 31.2. The van der Waals surface area contributed by atoms with Gasteiger partial charge < -0.3 is 28.5 Å². The number of ketones is 1. The Morgan fingerprint density at radius 3 is 1.50 bits per heavy atom. The first-order valence-corrected chi connectivity index (χ1v) is 21.5. The average Bonchev–Trinajstić information content (AvgIpc) is 3.88. The van der Waals surface area contributed by atoms with Crippen LogP contribution in [-0.4, -0.2) is 59.6 Å². The van der Waals surface area contributed by atoms with Gasteiger partial charge in [0.15, 0.2) is 5.78 Å². The fraction of sp³-hybridized carbons (Fsp3) is 0.179. The van der Waals surface area contributed by atoms with Crippen LogP contribution in [0.1, 0.15) is 37.9 Å². The predicted molar refractivity (Wildman–Crippen MR) is 261 cm³/mol. The van der Waals surface area contributed by atoms with E-state index in [4.69, 9.17) is 18.9 Å². The Morgan fingerprint density at radius 1 is 0.578 bits per heavy atom. The molecule has 8 heteroatoms. The molecule has 0 saturated carbocycles. The van der Waals surface area contributed by atoms with Gasteiger partial charge in [0.05, 0.1) is 32.5 Å². The van der Waals surface area contributed by atoms with Gasteiger partial charge in [0.25, 0.3) is 0 Å². The van der Waals surface area contributed by atoms with Crippen molar-refractivity contribution in [3.63, 3.8) is 0 Å². The molecular formula is C56H54N2O6. The summed E-state index contributed by atoms with van der Waals surface area (Å²) < 4.78 is 23.1. The van der Waals surface area contributed by atoms with Crippen molar-refractivity contribution in [2.75, 3.05) is 26.4 Å². The minimum Gasteiger partial charge on any atom is -0.429 e. The number of H-pyrrole nitrogens is 1. The Bertz CT molecular complexity index is 2720. The quantitative estimate of drug-likeness (QED) is 0.102. The van der Waals surface area contributed by atoms with Crippen LogP contribution in [0, 0.1) is 0 Å². The van der Waals surface area contributed by atoms with Crippen molar-refractivity contribution in [3.8, 4) is 0 Å². The summed E-state index contributed by atoms with van der Waals surface area (Å²) in [6.07, 6.45) is 13.8. The van der Waals surface area contributed by atoms with Crippen molar-refractivity contribution in [2.45, 2.75) is 38.5 Å². The van der Waals surface area contributed by atoms with Gasteiger partial charge >= 0.3 is 6.16 Å². The maximum absolute atomic E-state index is 11.6. The Hall–Kier alpha value is -7.26. The normalized spacial score (nSPS) is 15.9. The van der Waals surface area contributed by atoms with Gasteiger partial charge in [0.1, 0.15) is 11.7 Å². The molecule has 2 unspecified atom stereocenters. The fourth-order valence-corrected chi connectivity index (χ4v) is 7.32. The molecular weight excluding hydrogens is 797 g/mol. The van der Waals surface area contributed by atoms with Crippen LogP contribution in [0.15, 0.2) is 194 Å². The highest BCUT2D eigenvalue weighted by molar-refractivity contribution is 6.08. The van der Waals surface area contributed by atoms with Crippen molar-refractivity contribution < 1.29 is 28.5 Å². The highest BCUT2D eigenvalue weighted by Crippen LogP contribution is 2.33. The van der Waals surface area contributed by atoms with E-state index in [0.717, 1.165) is 24.3 Å². The number of carbonyl (C=O) groups is 2. The summed E-state index contributed by atoms with van der Waals surface area (Å²) in [7, 11) is 0. The van der Waals surface area contributed by atoms with E-state index < -0.39 is 11.8 Å². The minimum absolute atomic E-state index is 0.0114. The molecule has 8 aromatic rings. The molecule has 0 fully saturated rings. The Kier molecular flexibility index (Phi) is 15.5. The number of nitrogens with zero attached hydrogens (tertiary/aromatic N) is 1. The van der Waals surface area contributed by atoms with Crippen molar-refractivity contribution >= 4 is 67.7 Å². The Morgan fingerprint density at radius 2 is 1.03 bits per heavy atom. The average molecular weight is 851 g/mol. The van der Waals surface area contributed by atoms with Crippen LogP contribution in [0.5, 0.6) is 0 Å². The maximum Gasteiger partial charge on any atom is 0.509 e. The number of hydrogen-bond donors (Lipinski definition) is 1. The van der Waals surface area contributed by atoms with Gasteiger partial charge in [-0.25, -0.2) is 4.79 Å². The van der Waals surface area contributed by atoms with Crippen molar-refractivity contribution in [1.29, 1.82) is 0 Å². The van der Waals surface area contributed by atoms with Crippen LogP contribution in [0.2, 0.25) is 0 Å². The van der Waals surface area contributed by atoms with Crippen LogP contribution in [0.25, 0.3) is 55.8 Å². The zero-order chi connectivity index (χ0) is 44.6. The smallest absolute Gasteiger partial charge is 0.429 e. The monoisotopic (exact) mass is 850 g/mol. The van der Waals surface area contributed by atoms with E-state index in [1.54, 1.807) is 39.0 Å². The van der Waals surface area contributed by atoms with E-state index >= 15 is 0 Å². The lowest BCUT2D eigenvalue weighted by atomic mass is 10.1. The zero-order valence-corrected chi connectivity index (χ0v) is 36.5. The number of aromatic amines is 1. The van der Waals surface area contributed by atoms with Crippen LogP contribution in [-0.2, 0) is 23.7 Å². The highest BCUT2D eigenvalue weighted by Gasteiger charge is 2.21. The van der Waals surface area contributed by atoms with Crippen LogP contribution < -0.4 is 0 Å². The van der Waals surface area contributed by atoms with Gasteiger partial charge in [-0.3, -0.25) is 4.79 Å². The van der Waals surface area contributed by atoms with E-state index in [9.17, 15) is 9.59 Å². The molecule has 0 spiro atoms. The predicted octanol–water partition coefficient (Wildman–Crippen LogP) is 13.1. The minimum atomic E-state index is -0.655. The molecule has 6 aromatic carbocycles. The maximum atomic E-state index is 11.6. The van der Waals surface area contributed by atoms with Crippen LogP contribution >= 0.6 is 0 Å². The lowest BCUT2D eigenvalue weighted by Gasteiger charge is -2.22. The molecule has 2 atom stereocenters. The summed E-state index contributed by atoms with van der Waals surface area (Å²) in [5.74, 6) is -0.0114. The highest BCUT2D eigenvalue weighted by atomic mass is 16.7. The number of para-hydroxylation sites is 4. The summed E-state index contributed by atoms with van der Waals surface area (Å²) in [6.45, 7) is 7.83. The summed E-state index contributed by atoms with van der Waals surface area (Å²) in [5, 5.41) is 5.24. The number of carbonyl (C=O) groups excluding carboxylic acids is 2. The molecule has 324 valence electrons. The molecule has 0 bridgehead atoms. The van der Waals surface area contributed by atoms with E-state index in [1.165, 1.54) is 43.6 Å². The molecule has 1 N–H and O–H groups in total. The Labute approximate surface area is 374 Å². The van der Waals surface area contributed by atoms with Crippen LogP contribution in [0.3, 0.4) is 0 Å². The zero-order valence-electron chi connectivity index (χ0n) is 36.5. The Balaban J connectivity index is 0.000000129. The molecule has 0 saturated heterocycles. The number of hydrogen-bond acceptors (Lipinski definition) is 6. The fourth-order valence-electron chi connectivity index (χ4n) is 7.32. The van der Waals surface area contributed by atoms with Gasteiger partial charge in [0, 0.05) is 43.6 Å². The second kappa shape index (κ2) is 22.2. The first kappa shape index (κ1) is 44.8. The lowest BCUT2D eigenvalue weighted by Crippen LogP contribution is -2.30. The second-order valence-electron chi connectivity index (χ2n) is 16.1. The van der Waals surface area contributed by atoms with Crippen molar-refractivity contribution in [3.05, 3.63) is 205 Å².